The molecule has 0 saturated carbocycles. The van der Waals surface area contributed by atoms with Crippen LogP contribution >= 0.6 is 0 Å². The van der Waals surface area contributed by atoms with Crippen molar-refractivity contribution in [1.82, 2.24) is 29.8 Å². The Hall–Kier alpha value is -3.33. The zero-order valence-corrected chi connectivity index (χ0v) is 18.9. The van der Waals surface area contributed by atoms with Crippen LogP contribution in [0, 0.1) is 5.92 Å². The molecule has 9 nitrogen and oxygen atoms in total. The summed E-state index contributed by atoms with van der Waals surface area (Å²) < 4.78 is 1.77. The smallest absolute Gasteiger partial charge is 0.236 e. The first-order valence-electron chi connectivity index (χ1n) is 11.6. The van der Waals surface area contributed by atoms with Crippen LogP contribution in [0.4, 0.5) is 5.82 Å². The van der Waals surface area contributed by atoms with Crippen molar-refractivity contribution in [3.63, 3.8) is 0 Å². The van der Waals surface area contributed by atoms with Crippen molar-refractivity contribution in [2.24, 2.45) is 13.0 Å². The fourth-order valence-corrected chi connectivity index (χ4v) is 4.71. The van der Waals surface area contributed by atoms with Crippen molar-refractivity contribution >= 4 is 28.5 Å². The van der Waals surface area contributed by atoms with Crippen molar-refractivity contribution < 1.29 is 9.59 Å². The normalized spacial score (nSPS) is 17.5. The van der Waals surface area contributed by atoms with Crippen LogP contribution in [0.3, 0.4) is 0 Å². The van der Waals surface area contributed by atoms with Crippen LogP contribution in [0.2, 0.25) is 0 Å². The predicted octanol–water partition coefficient (Wildman–Crippen LogP) is 2.30. The molecule has 0 bridgehead atoms. The lowest BCUT2D eigenvalue weighted by molar-refractivity contribution is -0.135. The van der Waals surface area contributed by atoms with Crippen molar-refractivity contribution in [3.8, 4) is 11.1 Å². The van der Waals surface area contributed by atoms with E-state index in [-0.39, 0.29) is 17.7 Å². The second-order valence-electron chi connectivity index (χ2n) is 9.03. The van der Waals surface area contributed by atoms with E-state index in [1.54, 1.807) is 4.68 Å². The minimum atomic E-state index is -0.125. The molecule has 1 N–H and O–H groups in total. The number of nitrogens with one attached hydrogen (secondary N) is 1. The van der Waals surface area contributed by atoms with Gasteiger partial charge in [-0.15, -0.1) is 10.2 Å². The first-order valence-corrected chi connectivity index (χ1v) is 11.6. The highest BCUT2D eigenvalue weighted by Gasteiger charge is 2.28. The molecule has 0 atom stereocenters. The number of hydrogen-bond donors (Lipinski definition) is 1. The van der Waals surface area contributed by atoms with Gasteiger partial charge in [-0.2, -0.15) is 5.10 Å². The lowest BCUT2D eigenvalue weighted by Crippen LogP contribution is -2.45. The van der Waals surface area contributed by atoms with Gasteiger partial charge in [0.05, 0.1) is 18.3 Å². The fourth-order valence-electron chi connectivity index (χ4n) is 4.71. The average Bonchev–Trinajstić information content (AvgIpc) is 3.50. The molecule has 3 aromatic rings. The molecule has 4 heterocycles. The molecular weight excluding hydrogens is 418 g/mol. The van der Waals surface area contributed by atoms with Gasteiger partial charge in [-0.1, -0.05) is 6.07 Å². The van der Waals surface area contributed by atoms with E-state index in [4.69, 9.17) is 0 Å². The van der Waals surface area contributed by atoms with Crippen molar-refractivity contribution in [2.45, 2.75) is 25.7 Å². The summed E-state index contributed by atoms with van der Waals surface area (Å²) in [6.07, 6.45) is 7.48. The summed E-state index contributed by atoms with van der Waals surface area (Å²) >= 11 is 0. The molecule has 2 saturated heterocycles. The lowest BCUT2D eigenvalue weighted by atomic mass is 9.96. The standard InChI is InChI=1S/C24H29N7O2/c1-29-15-20(14-25-29)18-4-5-21-19(12-18)13-22(28-27-21)26-24(33)17-6-10-31(11-7-17)23(32)16-30-8-2-3-9-30/h4-5,12-15,17H,2-3,6-11,16H2,1H3,(H,26,28,33). The van der Waals surface area contributed by atoms with E-state index in [1.165, 1.54) is 12.8 Å². The van der Waals surface area contributed by atoms with E-state index >= 15 is 0 Å². The Balaban J connectivity index is 1.19. The molecule has 1 aromatic carbocycles. The topological polar surface area (TPSA) is 96.2 Å². The number of hydrogen-bond acceptors (Lipinski definition) is 6. The highest BCUT2D eigenvalue weighted by Crippen LogP contribution is 2.25. The summed E-state index contributed by atoms with van der Waals surface area (Å²) in [5, 5.41) is 16.5. The summed E-state index contributed by atoms with van der Waals surface area (Å²) in [5.41, 5.74) is 2.82. The van der Waals surface area contributed by atoms with Crippen LogP contribution in [0.5, 0.6) is 0 Å². The SMILES string of the molecule is Cn1cc(-c2ccc3nnc(NC(=O)C4CCN(C(=O)CN5CCCC5)CC4)cc3c2)cn1. The molecule has 2 aromatic heterocycles. The lowest BCUT2D eigenvalue weighted by Gasteiger charge is -2.32. The number of anilines is 1. The van der Waals surface area contributed by atoms with Crippen LogP contribution in [-0.2, 0) is 16.6 Å². The number of rotatable bonds is 5. The Labute approximate surface area is 192 Å². The first-order chi connectivity index (χ1) is 16.0. The van der Waals surface area contributed by atoms with Crippen LogP contribution < -0.4 is 5.32 Å². The average molecular weight is 448 g/mol. The Morgan fingerprint density at radius 1 is 1.03 bits per heavy atom. The monoisotopic (exact) mass is 447 g/mol. The second-order valence-corrected chi connectivity index (χ2v) is 9.03. The molecule has 2 amide bonds. The third-order valence-corrected chi connectivity index (χ3v) is 6.65. The third kappa shape index (κ3) is 4.88. The Bertz CT molecular complexity index is 1160. The Morgan fingerprint density at radius 3 is 2.55 bits per heavy atom. The molecule has 0 spiro atoms. The Morgan fingerprint density at radius 2 is 1.82 bits per heavy atom. The van der Waals surface area contributed by atoms with Crippen LogP contribution in [0.25, 0.3) is 22.0 Å². The summed E-state index contributed by atoms with van der Waals surface area (Å²) in [6.45, 7) is 3.79. The number of likely N-dealkylation sites (tertiary alicyclic amines) is 2. The van der Waals surface area contributed by atoms with Gasteiger partial charge < -0.3 is 10.2 Å². The van der Waals surface area contributed by atoms with Gasteiger partial charge in [-0.25, -0.2) is 0 Å². The number of carbonyl (C=O) groups excluding carboxylic acids is 2. The number of fused-ring (bicyclic) bond motifs is 1. The van der Waals surface area contributed by atoms with E-state index < -0.39 is 0 Å². The first kappa shape index (κ1) is 21.5. The molecule has 0 aliphatic carbocycles. The minimum absolute atomic E-state index is 0.0568. The molecule has 33 heavy (non-hydrogen) atoms. The van der Waals surface area contributed by atoms with Gasteiger partial charge in [-0.05, 0) is 62.5 Å². The summed E-state index contributed by atoms with van der Waals surface area (Å²) in [4.78, 5) is 29.5. The van der Waals surface area contributed by atoms with Gasteiger partial charge in [0.2, 0.25) is 11.8 Å². The quantitative estimate of drug-likeness (QED) is 0.645. The van der Waals surface area contributed by atoms with Crippen molar-refractivity contribution in [2.75, 3.05) is 38.0 Å². The molecule has 2 aliphatic rings. The van der Waals surface area contributed by atoms with Crippen molar-refractivity contribution in [3.05, 3.63) is 36.7 Å². The van der Waals surface area contributed by atoms with Gasteiger partial charge in [0.25, 0.3) is 0 Å². The molecule has 9 heteroatoms. The number of piperidine rings is 1. The van der Waals surface area contributed by atoms with E-state index in [0.29, 0.717) is 38.3 Å². The molecule has 172 valence electrons. The van der Waals surface area contributed by atoms with Gasteiger partial charge in [0.1, 0.15) is 0 Å². The molecule has 2 aliphatic heterocycles. The van der Waals surface area contributed by atoms with Crippen LogP contribution in [0.15, 0.2) is 36.7 Å². The highest BCUT2D eigenvalue weighted by molar-refractivity contribution is 5.94. The minimum Gasteiger partial charge on any atom is -0.342 e. The summed E-state index contributed by atoms with van der Waals surface area (Å²) in [5.74, 6) is 0.447. The van der Waals surface area contributed by atoms with E-state index in [2.05, 4.69) is 25.5 Å². The maximum absolute atomic E-state index is 12.8. The Kier molecular flexibility index (Phi) is 6.04. The van der Waals surface area contributed by atoms with Crippen molar-refractivity contribution in [1.29, 1.82) is 0 Å². The van der Waals surface area contributed by atoms with E-state index in [9.17, 15) is 9.59 Å². The number of nitrogens with zero attached hydrogens (tertiary/aromatic N) is 6. The molecule has 0 radical (unpaired) electrons. The van der Waals surface area contributed by atoms with Crippen LogP contribution in [0.1, 0.15) is 25.7 Å². The predicted molar refractivity (Wildman–Crippen MR) is 125 cm³/mol. The zero-order valence-electron chi connectivity index (χ0n) is 18.9. The van der Waals surface area contributed by atoms with Gasteiger partial charge in [-0.3, -0.25) is 19.2 Å². The van der Waals surface area contributed by atoms with E-state index in [0.717, 1.165) is 35.1 Å². The second kappa shape index (κ2) is 9.27. The number of amides is 2. The van der Waals surface area contributed by atoms with Gasteiger partial charge in [0, 0.05) is 43.2 Å². The third-order valence-electron chi connectivity index (χ3n) is 6.65. The number of aryl methyl sites for hydroxylation is 1. The number of carbonyl (C=O) groups is 2. The molecule has 2 fully saturated rings. The largest absolute Gasteiger partial charge is 0.342 e. The van der Waals surface area contributed by atoms with Gasteiger partial charge >= 0.3 is 0 Å². The highest BCUT2D eigenvalue weighted by atomic mass is 16.2. The maximum Gasteiger partial charge on any atom is 0.236 e. The molecule has 5 rings (SSSR count). The summed E-state index contributed by atoms with van der Waals surface area (Å²) in [7, 11) is 1.89. The number of aromatic nitrogens is 4. The number of benzene rings is 1. The van der Waals surface area contributed by atoms with E-state index in [1.807, 2.05) is 48.6 Å². The molecular formula is C24H29N7O2. The maximum atomic E-state index is 12.8. The fraction of sp³-hybridized carbons (Fsp3) is 0.458. The van der Waals surface area contributed by atoms with Gasteiger partial charge in [0.15, 0.2) is 5.82 Å². The summed E-state index contributed by atoms with van der Waals surface area (Å²) in [6, 6.07) is 7.80. The van der Waals surface area contributed by atoms with Crippen LogP contribution in [-0.4, -0.2) is 74.3 Å². The zero-order chi connectivity index (χ0) is 22.8. The molecule has 0 unspecified atom stereocenters.